The van der Waals surface area contributed by atoms with Gasteiger partial charge in [-0.15, -0.1) is 0 Å². The lowest BCUT2D eigenvalue weighted by atomic mass is 10.0. The van der Waals surface area contributed by atoms with Gasteiger partial charge >= 0.3 is 5.97 Å². The van der Waals surface area contributed by atoms with Crippen LogP contribution in [-0.4, -0.2) is 56.5 Å². The van der Waals surface area contributed by atoms with Gasteiger partial charge in [0.25, 0.3) is 11.8 Å². The monoisotopic (exact) mass is 454 g/mol. The van der Waals surface area contributed by atoms with E-state index < -0.39 is 23.8 Å². The Balaban J connectivity index is 2.12. The van der Waals surface area contributed by atoms with Crippen molar-refractivity contribution in [3.63, 3.8) is 0 Å². The second kappa shape index (κ2) is 9.72. The van der Waals surface area contributed by atoms with E-state index in [1.807, 2.05) is 6.92 Å². The van der Waals surface area contributed by atoms with E-state index in [0.717, 1.165) is 4.90 Å². The van der Waals surface area contributed by atoms with Crippen LogP contribution in [0.2, 0.25) is 0 Å². The summed E-state index contributed by atoms with van der Waals surface area (Å²) >= 11 is 0. The smallest absolute Gasteiger partial charge is 0.307 e. The van der Waals surface area contributed by atoms with E-state index in [1.165, 1.54) is 39.2 Å². The van der Waals surface area contributed by atoms with E-state index >= 15 is 0 Å². The molecule has 0 saturated carbocycles. The number of hydrogen-bond acceptors (Lipinski definition) is 7. The molecule has 2 aromatic rings. The predicted molar refractivity (Wildman–Crippen MR) is 120 cm³/mol. The molecule has 1 heterocycles. The highest BCUT2D eigenvalue weighted by Crippen LogP contribution is 2.40. The van der Waals surface area contributed by atoms with Crippen molar-refractivity contribution in [2.45, 2.75) is 26.3 Å². The number of nitrogens with zero attached hydrogens (tertiary/aromatic N) is 2. The van der Waals surface area contributed by atoms with E-state index in [0.29, 0.717) is 29.4 Å². The van der Waals surface area contributed by atoms with E-state index in [1.54, 1.807) is 30.3 Å². The molecular weight excluding hydrogens is 428 g/mol. The van der Waals surface area contributed by atoms with Crippen LogP contribution < -0.4 is 14.4 Å². The molecule has 1 unspecified atom stereocenters. The molecule has 0 fully saturated rings. The molecule has 0 aliphatic carbocycles. The van der Waals surface area contributed by atoms with Gasteiger partial charge in [0.15, 0.2) is 11.5 Å². The van der Waals surface area contributed by atoms with Crippen LogP contribution in [0.5, 0.6) is 11.5 Å². The van der Waals surface area contributed by atoms with Gasteiger partial charge in [0.2, 0.25) is 5.91 Å². The maximum absolute atomic E-state index is 13.5. The number of carbonyl (C=O) groups excluding carboxylic acids is 4. The van der Waals surface area contributed by atoms with E-state index in [2.05, 4.69) is 0 Å². The van der Waals surface area contributed by atoms with Gasteiger partial charge in [-0.3, -0.25) is 24.1 Å². The quantitative estimate of drug-likeness (QED) is 0.446. The molecule has 33 heavy (non-hydrogen) atoms. The standard InChI is InChI=1S/C24H26N2O7/c1-6-33-20-12-15(10-11-19(20)31-4)18(13-21(28)32-5)26-23(29)16-8-7-9-17(22(16)24(26)30)25(3)14(2)27/h7-12,18H,6,13H2,1-5H3. The molecule has 174 valence electrons. The van der Waals surface area contributed by atoms with Crippen molar-refractivity contribution in [1.82, 2.24) is 4.90 Å². The van der Waals surface area contributed by atoms with Crippen LogP contribution in [0.15, 0.2) is 36.4 Å². The lowest BCUT2D eigenvalue weighted by Crippen LogP contribution is -2.36. The van der Waals surface area contributed by atoms with Gasteiger partial charge < -0.3 is 19.1 Å². The fourth-order valence-corrected chi connectivity index (χ4v) is 3.79. The maximum Gasteiger partial charge on any atom is 0.307 e. The van der Waals surface area contributed by atoms with Gasteiger partial charge in [-0.25, -0.2) is 0 Å². The van der Waals surface area contributed by atoms with Crippen molar-refractivity contribution in [1.29, 1.82) is 0 Å². The Morgan fingerprint density at radius 2 is 1.79 bits per heavy atom. The molecule has 9 nitrogen and oxygen atoms in total. The Hall–Kier alpha value is -3.88. The number of methoxy groups -OCH3 is 2. The number of imide groups is 1. The summed E-state index contributed by atoms with van der Waals surface area (Å²) < 4.78 is 15.8. The molecule has 1 aliphatic heterocycles. The maximum atomic E-state index is 13.5. The third-order valence-corrected chi connectivity index (χ3v) is 5.53. The van der Waals surface area contributed by atoms with E-state index in [4.69, 9.17) is 14.2 Å². The summed E-state index contributed by atoms with van der Waals surface area (Å²) in [4.78, 5) is 53.4. The third-order valence-electron chi connectivity index (χ3n) is 5.53. The van der Waals surface area contributed by atoms with Crippen molar-refractivity contribution in [2.75, 3.05) is 32.8 Å². The summed E-state index contributed by atoms with van der Waals surface area (Å²) in [5.74, 6) is -1.14. The molecule has 1 aliphatic rings. The van der Waals surface area contributed by atoms with Gasteiger partial charge in [-0.1, -0.05) is 12.1 Å². The molecule has 0 saturated heterocycles. The highest BCUT2D eigenvalue weighted by molar-refractivity contribution is 6.24. The van der Waals surface area contributed by atoms with Crippen LogP contribution in [-0.2, 0) is 14.3 Å². The normalized spacial score (nSPS) is 13.4. The summed E-state index contributed by atoms with van der Waals surface area (Å²) in [5, 5.41) is 0. The Bertz CT molecular complexity index is 1110. The molecule has 9 heteroatoms. The Morgan fingerprint density at radius 3 is 2.39 bits per heavy atom. The van der Waals surface area contributed by atoms with Crippen molar-refractivity contribution >= 4 is 29.4 Å². The van der Waals surface area contributed by atoms with Crippen LogP contribution in [0, 0.1) is 0 Å². The lowest BCUT2D eigenvalue weighted by Gasteiger charge is -2.27. The molecular formula is C24H26N2O7. The molecule has 0 N–H and O–H groups in total. The van der Waals surface area contributed by atoms with Crippen molar-refractivity contribution < 1.29 is 33.4 Å². The first-order valence-electron chi connectivity index (χ1n) is 10.4. The lowest BCUT2D eigenvalue weighted by molar-refractivity contribution is -0.141. The van der Waals surface area contributed by atoms with Crippen LogP contribution in [0.1, 0.15) is 52.6 Å². The largest absolute Gasteiger partial charge is 0.493 e. The number of amides is 3. The van der Waals surface area contributed by atoms with Gasteiger partial charge in [-0.2, -0.15) is 0 Å². The second-order valence-electron chi connectivity index (χ2n) is 7.40. The topological polar surface area (TPSA) is 102 Å². The molecule has 0 aromatic heterocycles. The Morgan fingerprint density at radius 1 is 1.06 bits per heavy atom. The first-order chi connectivity index (χ1) is 15.7. The van der Waals surface area contributed by atoms with Crippen molar-refractivity contribution in [3.05, 3.63) is 53.1 Å². The fraction of sp³-hybridized carbons (Fsp3) is 0.333. The van der Waals surface area contributed by atoms with Gasteiger partial charge in [0.1, 0.15) is 0 Å². The average Bonchev–Trinajstić information content (AvgIpc) is 3.07. The summed E-state index contributed by atoms with van der Waals surface area (Å²) in [6.07, 6.45) is -0.252. The van der Waals surface area contributed by atoms with Gasteiger partial charge in [0.05, 0.1) is 50.1 Å². The number of rotatable bonds is 8. The molecule has 1 atom stereocenters. The van der Waals surface area contributed by atoms with E-state index in [-0.39, 0.29) is 23.5 Å². The third kappa shape index (κ3) is 4.39. The zero-order chi connectivity index (χ0) is 24.3. The first-order valence-corrected chi connectivity index (χ1v) is 10.4. The highest BCUT2D eigenvalue weighted by atomic mass is 16.5. The minimum Gasteiger partial charge on any atom is -0.493 e. The first kappa shape index (κ1) is 23.8. The number of benzene rings is 2. The zero-order valence-corrected chi connectivity index (χ0v) is 19.2. The summed E-state index contributed by atoms with van der Waals surface area (Å²) in [7, 11) is 4.27. The van der Waals surface area contributed by atoms with Crippen LogP contribution in [0.3, 0.4) is 0 Å². The number of esters is 1. The van der Waals surface area contributed by atoms with Crippen molar-refractivity contribution in [2.24, 2.45) is 0 Å². The molecule has 2 aromatic carbocycles. The molecule has 0 bridgehead atoms. The number of ether oxygens (including phenoxy) is 3. The summed E-state index contributed by atoms with van der Waals surface area (Å²) in [6, 6.07) is 8.75. The number of fused-ring (bicyclic) bond motifs is 1. The molecule has 0 radical (unpaired) electrons. The zero-order valence-electron chi connectivity index (χ0n) is 19.2. The van der Waals surface area contributed by atoms with Gasteiger partial charge in [-0.05, 0) is 36.8 Å². The SMILES string of the molecule is CCOc1cc(C(CC(=O)OC)N2C(=O)c3cccc(N(C)C(C)=O)c3C2=O)ccc1OC. The minimum absolute atomic E-state index is 0.119. The van der Waals surface area contributed by atoms with Crippen molar-refractivity contribution in [3.8, 4) is 11.5 Å². The Kier molecular flexibility index (Phi) is 7.01. The average molecular weight is 454 g/mol. The van der Waals surface area contributed by atoms with Crippen LogP contribution in [0.4, 0.5) is 5.69 Å². The summed E-state index contributed by atoms with van der Waals surface area (Å²) in [5.41, 5.74) is 1.11. The van der Waals surface area contributed by atoms with Gasteiger partial charge in [0, 0.05) is 14.0 Å². The molecule has 0 spiro atoms. The molecule has 3 rings (SSSR count). The highest BCUT2D eigenvalue weighted by Gasteiger charge is 2.43. The second-order valence-corrected chi connectivity index (χ2v) is 7.40. The minimum atomic E-state index is -0.953. The fourth-order valence-electron chi connectivity index (χ4n) is 3.79. The predicted octanol–water partition coefficient (Wildman–Crippen LogP) is 2.98. The number of anilines is 1. The Labute approximate surface area is 191 Å². The van der Waals surface area contributed by atoms with Crippen LogP contribution in [0.25, 0.3) is 0 Å². The molecule has 3 amide bonds. The van der Waals surface area contributed by atoms with Crippen LogP contribution >= 0.6 is 0 Å². The summed E-state index contributed by atoms with van der Waals surface area (Å²) in [6.45, 7) is 3.55. The van der Waals surface area contributed by atoms with E-state index in [9.17, 15) is 19.2 Å². The number of hydrogen-bond donors (Lipinski definition) is 0. The number of carbonyl (C=O) groups is 4.